The zero-order valence-electron chi connectivity index (χ0n) is 9.08. The summed E-state index contributed by atoms with van der Waals surface area (Å²) in [5.74, 6) is -1.64. The van der Waals surface area contributed by atoms with Crippen molar-refractivity contribution in [2.24, 2.45) is 0 Å². The first-order valence-corrected chi connectivity index (χ1v) is 4.76. The summed E-state index contributed by atoms with van der Waals surface area (Å²) in [7, 11) is 0. The van der Waals surface area contributed by atoms with E-state index in [0.29, 0.717) is 6.61 Å². The molecule has 0 aliphatic carbocycles. The van der Waals surface area contributed by atoms with Crippen molar-refractivity contribution in [1.29, 1.82) is 0 Å². The smallest absolute Gasteiger partial charge is 0.337 e. The van der Waals surface area contributed by atoms with Crippen LogP contribution in [0.1, 0.15) is 26.7 Å². The molecule has 0 fully saturated rings. The third-order valence-electron chi connectivity index (χ3n) is 1.72. The number of carboxylic acids is 1. The number of carbonyl (C=O) groups excluding carboxylic acids is 1. The second-order valence-electron chi connectivity index (χ2n) is 3.15. The van der Waals surface area contributed by atoms with Gasteiger partial charge in [0.05, 0.1) is 12.2 Å². The van der Waals surface area contributed by atoms with Gasteiger partial charge in [-0.05, 0) is 19.4 Å². The molecule has 0 atom stereocenters. The van der Waals surface area contributed by atoms with Crippen LogP contribution in [-0.4, -0.2) is 23.7 Å². The molecule has 0 saturated heterocycles. The highest BCUT2D eigenvalue weighted by atomic mass is 16.5. The fourth-order valence-corrected chi connectivity index (χ4v) is 0.784. The van der Waals surface area contributed by atoms with Gasteiger partial charge in [-0.25, -0.2) is 9.59 Å². The van der Waals surface area contributed by atoms with Gasteiger partial charge in [-0.2, -0.15) is 0 Å². The maximum atomic E-state index is 11.2. The fourth-order valence-electron chi connectivity index (χ4n) is 0.784. The van der Waals surface area contributed by atoms with Gasteiger partial charge in [0.15, 0.2) is 0 Å². The summed E-state index contributed by atoms with van der Waals surface area (Å²) in [4.78, 5) is 21.7. The summed E-state index contributed by atoms with van der Waals surface area (Å²) in [6.07, 6.45) is 2.93. The Hall–Kier alpha value is -1.58. The standard InChI is InChI=1S/C11H16O4/c1-4-5-6-15-11(14)9(3)7-8(2)10(12)13/h7H,3-6H2,1-2H3,(H,12,13). The molecule has 0 spiro atoms. The number of esters is 1. The van der Waals surface area contributed by atoms with Crippen LogP contribution in [-0.2, 0) is 14.3 Å². The molecule has 0 amide bonds. The van der Waals surface area contributed by atoms with Crippen LogP contribution in [0.2, 0.25) is 0 Å². The Morgan fingerprint density at radius 1 is 1.47 bits per heavy atom. The molecule has 1 N–H and O–H groups in total. The van der Waals surface area contributed by atoms with Crippen LogP contribution in [0.15, 0.2) is 23.8 Å². The van der Waals surface area contributed by atoms with Crippen LogP contribution in [0.5, 0.6) is 0 Å². The zero-order valence-corrected chi connectivity index (χ0v) is 9.08. The first-order valence-electron chi connectivity index (χ1n) is 4.76. The van der Waals surface area contributed by atoms with E-state index < -0.39 is 11.9 Å². The molecule has 0 rings (SSSR count). The van der Waals surface area contributed by atoms with Crippen molar-refractivity contribution in [3.8, 4) is 0 Å². The van der Waals surface area contributed by atoms with Gasteiger partial charge >= 0.3 is 11.9 Å². The topological polar surface area (TPSA) is 63.6 Å². The summed E-state index contributed by atoms with van der Waals surface area (Å²) >= 11 is 0. The van der Waals surface area contributed by atoms with Crippen LogP contribution in [0, 0.1) is 0 Å². The van der Waals surface area contributed by atoms with Crippen LogP contribution < -0.4 is 0 Å². The van der Waals surface area contributed by atoms with Gasteiger partial charge in [0, 0.05) is 5.57 Å². The lowest BCUT2D eigenvalue weighted by Crippen LogP contribution is -2.08. The van der Waals surface area contributed by atoms with E-state index in [1.807, 2.05) is 6.92 Å². The van der Waals surface area contributed by atoms with E-state index in [1.54, 1.807) is 0 Å². The van der Waals surface area contributed by atoms with Gasteiger partial charge in [0.2, 0.25) is 0 Å². The highest BCUT2D eigenvalue weighted by Crippen LogP contribution is 2.03. The lowest BCUT2D eigenvalue weighted by molar-refractivity contribution is -0.138. The van der Waals surface area contributed by atoms with Gasteiger partial charge in [-0.3, -0.25) is 0 Å². The molecule has 0 saturated carbocycles. The van der Waals surface area contributed by atoms with Gasteiger partial charge in [-0.1, -0.05) is 19.9 Å². The molecule has 0 radical (unpaired) electrons. The summed E-state index contributed by atoms with van der Waals surface area (Å²) in [6.45, 7) is 7.16. The average molecular weight is 212 g/mol. The first-order chi connectivity index (χ1) is 6.99. The van der Waals surface area contributed by atoms with Crippen molar-refractivity contribution in [1.82, 2.24) is 0 Å². The molecule has 0 aromatic heterocycles. The van der Waals surface area contributed by atoms with Gasteiger partial charge in [0.1, 0.15) is 0 Å². The number of ether oxygens (including phenoxy) is 1. The largest absolute Gasteiger partial charge is 0.478 e. The van der Waals surface area contributed by atoms with E-state index in [0.717, 1.165) is 12.8 Å². The Bertz CT molecular complexity index is 289. The van der Waals surface area contributed by atoms with Crippen molar-refractivity contribution in [3.05, 3.63) is 23.8 Å². The second kappa shape index (κ2) is 6.81. The van der Waals surface area contributed by atoms with Crippen molar-refractivity contribution in [2.45, 2.75) is 26.7 Å². The molecule has 15 heavy (non-hydrogen) atoms. The van der Waals surface area contributed by atoms with E-state index in [1.165, 1.54) is 13.0 Å². The Balaban J connectivity index is 4.16. The maximum Gasteiger partial charge on any atom is 0.337 e. The van der Waals surface area contributed by atoms with Crippen molar-refractivity contribution in [2.75, 3.05) is 6.61 Å². The van der Waals surface area contributed by atoms with E-state index in [2.05, 4.69) is 6.58 Å². The quantitative estimate of drug-likeness (QED) is 0.316. The zero-order chi connectivity index (χ0) is 11.8. The van der Waals surface area contributed by atoms with E-state index >= 15 is 0 Å². The Morgan fingerprint density at radius 3 is 2.53 bits per heavy atom. The van der Waals surface area contributed by atoms with E-state index in [4.69, 9.17) is 9.84 Å². The Morgan fingerprint density at radius 2 is 2.07 bits per heavy atom. The van der Waals surface area contributed by atoms with E-state index in [-0.39, 0.29) is 11.1 Å². The van der Waals surface area contributed by atoms with Crippen LogP contribution in [0.3, 0.4) is 0 Å². The molecule has 0 aromatic rings. The molecular formula is C11H16O4. The molecule has 0 unspecified atom stereocenters. The molecule has 4 heteroatoms. The van der Waals surface area contributed by atoms with Crippen LogP contribution in [0.4, 0.5) is 0 Å². The highest BCUT2D eigenvalue weighted by molar-refractivity contribution is 5.94. The van der Waals surface area contributed by atoms with Crippen molar-refractivity contribution < 1.29 is 19.4 Å². The number of unbranched alkanes of at least 4 members (excludes halogenated alkanes) is 1. The lowest BCUT2D eigenvalue weighted by Gasteiger charge is -2.03. The number of carbonyl (C=O) groups is 2. The van der Waals surface area contributed by atoms with Crippen molar-refractivity contribution in [3.63, 3.8) is 0 Å². The molecule has 4 nitrogen and oxygen atoms in total. The summed E-state index contributed by atoms with van der Waals surface area (Å²) in [6, 6.07) is 0. The predicted octanol–water partition coefficient (Wildman–Crippen LogP) is 1.92. The normalized spacial score (nSPS) is 10.9. The SMILES string of the molecule is C=C(C=C(C)C(=O)O)C(=O)OCCCC. The third kappa shape index (κ3) is 5.67. The minimum Gasteiger partial charge on any atom is -0.478 e. The van der Waals surface area contributed by atoms with Gasteiger partial charge < -0.3 is 9.84 Å². The first kappa shape index (κ1) is 13.4. The Kier molecular flexibility index (Phi) is 6.09. The van der Waals surface area contributed by atoms with Crippen LogP contribution >= 0.6 is 0 Å². The average Bonchev–Trinajstić information content (AvgIpc) is 2.17. The number of rotatable bonds is 6. The molecule has 0 bridgehead atoms. The minimum atomic E-state index is -1.07. The summed E-state index contributed by atoms with van der Waals surface area (Å²) in [5.41, 5.74) is 0.124. The Labute approximate surface area is 89.2 Å². The highest BCUT2D eigenvalue weighted by Gasteiger charge is 2.08. The maximum absolute atomic E-state index is 11.2. The number of hydrogen-bond donors (Lipinski definition) is 1. The summed E-state index contributed by atoms with van der Waals surface area (Å²) in [5, 5.41) is 8.57. The lowest BCUT2D eigenvalue weighted by atomic mass is 10.2. The number of hydrogen-bond acceptors (Lipinski definition) is 3. The third-order valence-corrected chi connectivity index (χ3v) is 1.72. The van der Waals surface area contributed by atoms with Gasteiger partial charge in [-0.15, -0.1) is 0 Å². The van der Waals surface area contributed by atoms with Gasteiger partial charge in [0.25, 0.3) is 0 Å². The minimum absolute atomic E-state index is 0.0611. The fraction of sp³-hybridized carbons (Fsp3) is 0.455. The molecular weight excluding hydrogens is 196 g/mol. The number of aliphatic carboxylic acids is 1. The monoisotopic (exact) mass is 212 g/mol. The molecule has 0 aromatic carbocycles. The molecule has 0 aliphatic heterocycles. The van der Waals surface area contributed by atoms with E-state index in [9.17, 15) is 9.59 Å². The van der Waals surface area contributed by atoms with Crippen LogP contribution in [0.25, 0.3) is 0 Å². The summed E-state index contributed by atoms with van der Waals surface area (Å²) < 4.78 is 4.85. The molecule has 0 aliphatic rings. The predicted molar refractivity (Wildman–Crippen MR) is 56.4 cm³/mol. The number of carboxylic acid groups (broad SMARTS) is 1. The second-order valence-corrected chi connectivity index (χ2v) is 3.15. The molecule has 84 valence electrons. The van der Waals surface area contributed by atoms with Crippen molar-refractivity contribution >= 4 is 11.9 Å². The molecule has 0 heterocycles.